The van der Waals surface area contributed by atoms with E-state index in [4.69, 9.17) is 16.2 Å². The van der Waals surface area contributed by atoms with Gasteiger partial charge in [0, 0.05) is 55.3 Å². The Morgan fingerprint density at radius 1 is 1.24 bits per heavy atom. The van der Waals surface area contributed by atoms with E-state index >= 15 is 0 Å². The predicted octanol–water partition coefficient (Wildman–Crippen LogP) is 3.50. The highest BCUT2D eigenvalue weighted by atomic mass is 19.1. The number of hydrogen-bond donors (Lipinski definition) is 2. The van der Waals surface area contributed by atoms with E-state index < -0.39 is 34.5 Å². The number of nitrogens with two attached hydrogens (primary N) is 2. The molecule has 178 valence electrons. The number of carbonyl (C=O) groups excluding carboxylic acids is 1. The van der Waals surface area contributed by atoms with Gasteiger partial charge >= 0.3 is 0 Å². The Kier molecular flexibility index (Phi) is 6.69. The number of benzene rings is 1. The van der Waals surface area contributed by atoms with E-state index in [1.165, 1.54) is 7.11 Å². The first-order valence-electron chi connectivity index (χ1n) is 10.7. The van der Waals surface area contributed by atoms with E-state index in [1.54, 1.807) is 18.5 Å². The Hall–Kier alpha value is -3.66. The van der Waals surface area contributed by atoms with E-state index in [1.807, 2.05) is 0 Å². The average molecular weight is 471 g/mol. The van der Waals surface area contributed by atoms with Gasteiger partial charge in [-0.2, -0.15) is 0 Å². The molecule has 4 rings (SSSR count). The normalized spacial score (nSPS) is 15.9. The van der Waals surface area contributed by atoms with Gasteiger partial charge in [0.2, 0.25) is 0 Å². The van der Waals surface area contributed by atoms with Crippen molar-refractivity contribution in [2.24, 2.45) is 5.73 Å². The fourth-order valence-electron chi connectivity index (χ4n) is 4.16. The number of ether oxygens (including phenoxy) is 1. The summed E-state index contributed by atoms with van der Waals surface area (Å²) in [6.45, 7) is 1.43. The van der Waals surface area contributed by atoms with E-state index in [-0.39, 0.29) is 29.6 Å². The number of ketones is 1. The lowest BCUT2D eigenvalue weighted by Gasteiger charge is -2.33. The molecule has 0 aliphatic carbocycles. The smallest absolute Gasteiger partial charge is 0.187 e. The number of anilines is 2. The summed E-state index contributed by atoms with van der Waals surface area (Å²) in [6, 6.07) is 4.67. The average Bonchev–Trinajstić information content (AvgIpc) is 2.80. The topological polar surface area (TPSA) is 107 Å². The molecule has 10 heteroatoms. The number of nitrogen functional groups attached to an aromatic ring is 1. The predicted molar refractivity (Wildman–Crippen MR) is 122 cm³/mol. The third-order valence-electron chi connectivity index (χ3n) is 5.81. The minimum absolute atomic E-state index is 0.0232. The van der Waals surface area contributed by atoms with Crippen molar-refractivity contribution in [1.82, 2.24) is 9.97 Å². The Morgan fingerprint density at radius 2 is 2.03 bits per heavy atom. The van der Waals surface area contributed by atoms with Gasteiger partial charge in [0.1, 0.15) is 17.2 Å². The van der Waals surface area contributed by atoms with Crippen molar-refractivity contribution in [2.45, 2.75) is 25.3 Å². The van der Waals surface area contributed by atoms with Crippen LogP contribution in [0, 0.1) is 17.5 Å². The van der Waals surface area contributed by atoms with Gasteiger partial charge in [-0.05, 0) is 31.0 Å². The number of carbonyl (C=O) groups is 1. The molecule has 1 aliphatic heterocycles. The highest BCUT2D eigenvalue weighted by molar-refractivity contribution is 6.01. The summed E-state index contributed by atoms with van der Waals surface area (Å²) in [7, 11) is 1.20. The minimum atomic E-state index is -1.13. The van der Waals surface area contributed by atoms with Crippen LogP contribution >= 0.6 is 0 Å². The molecule has 0 amide bonds. The van der Waals surface area contributed by atoms with Gasteiger partial charge in [0.15, 0.2) is 23.2 Å². The molecule has 2 aromatic heterocycles. The third kappa shape index (κ3) is 4.54. The lowest BCUT2D eigenvalue weighted by molar-refractivity contribution is 0.0989. The number of piperidine rings is 1. The summed E-state index contributed by atoms with van der Waals surface area (Å²) in [5, 5.41) is 0. The van der Waals surface area contributed by atoms with Crippen LogP contribution in [0.3, 0.4) is 0 Å². The molecule has 1 atom stereocenters. The molecule has 0 unspecified atom stereocenters. The van der Waals surface area contributed by atoms with Gasteiger partial charge in [-0.3, -0.25) is 9.78 Å². The second-order valence-corrected chi connectivity index (χ2v) is 8.15. The molecule has 34 heavy (non-hydrogen) atoms. The number of pyridine rings is 2. The van der Waals surface area contributed by atoms with Crippen molar-refractivity contribution in [2.75, 3.05) is 30.8 Å². The Bertz CT molecular complexity index is 1240. The molecular weight excluding hydrogens is 447 g/mol. The van der Waals surface area contributed by atoms with Gasteiger partial charge in [-0.15, -0.1) is 0 Å². The highest BCUT2D eigenvalue weighted by Gasteiger charge is 2.25. The van der Waals surface area contributed by atoms with Gasteiger partial charge in [0.25, 0.3) is 0 Å². The molecular formula is C24H24F3N5O2. The number of aromatic nitrogens is 2. The number of rotatable bonds is 6. The molecule has 0 spiro atoms. The summed E-state index contributed by atoms with van der Waals surface area (Å²) in [6.07, 6.45) is 4.90. The maximum Gasteiger partial charge on any atom is 0.187 e. The summed E-state index contributed by atoms with van der Waals surface area (Å²) >= 11 is 0. The summed E-state index contributed by atoms with van der Waals surface area (Å²) < 4.78 is 48.8. The number of nitrogens with zero attached hydrogens (tertiary/aromatic N) is 3. The Morgan fingerprint density at radius 3 is 2.76 bits per heavy atom. The van der Waals surface area contributed by atoms with Crippen LogP contribution in [0.1, 0.15) is 28.9 Å². The van der Waals surface area contributed by atoms with Crippen molar-refractivity contribution in [3.63, 3.8) is 0 Å². The van der Waals surface area contributed by atoms with Gasteiger partial charge < -0.3 is 21.1 Å². The van der Waals surface area contributed by atoms with Crippen LogP contribution in [-0.2, 0) is 6.42 Å². The van der Waals surface area contributed by atoms with E-state index in [0.717, 1.165) is 43.3 Å². The molecule has 3 aromatic rings. The fraction of sp³-hybridized carbons (Fsp3) is 0.292. The maximum absolute atomic E-state index is 14.8. The van der Waals surface area contributed by atoms with Gasteiger partial charge in [-0.25, -0.2) is 18.2 Å². The number of hydrogen-bond acceptors (Lipinski definition) is 7. The number of methoxy groups -OCH3 is 1. The Labute approximate surface area is 194 Å². The molecule has 4 N–H and O–H groups in total. The van der Waals surface area contributed by atoms with Gasteiger partial charge in [-0.1, -0.05) is 0 Å². The van der Waals surface area contributed by atoms with Crippen LogP contribution in [0.25, 0.3) is 11.3 Å². The van der Waals surface area contributed by atoms with Crippen LogP contribution in [-0.4, -0.2) is 42.0 Å². The maximum atomic E-state index is 14.8. The van der Waals surface area contributed by atoms with Crippen molar-refractivity contribution >= 4 is 17.2 Å². The second kappa shape index (κ2) is 9.68. The van der Waals surface area contributed by atoms with E-state index in [0.29, 0.717) is 12.1 Å². The SMILES string of the molecule is COc1ccc(F)c(-c2nc(C(=O)Cc3cnccc3N3CCC[C@H](N)C3)c(N)cc2F)c1F. The van der Waals surface area contributed by atoms with Gasteiger partial charge in [0.05, 0.1) is 18.4 Å². The molecule has 7 nitrogen and oxygen atoms in total. The summed E-state index contributed by atoms with van der Waals surface area (Å²) in [4.78, 5) is 23.3. The van der Waals surface area contributed by atoms with Crippen molar-refractivity contribution in [3.05, 3.63) is 65.4 Å². The van der Waals surface area contributed by atoms with Crippen LogP contribution in [0.2, 0.25) is 0 Å². The molecule has 3 heterocycles. The zero-order chi connectivity index (χ0) is 24.4. The summed E-state index contributed by atoms with van der Waals surface area (Å²) in [5.74, 6) is -4.08. The minimum Gasteiger partial charge on any atom is -0.494 e. The number of halogens is 3. The summed E-state index contributed by atoms with van der Waals surface area (Å²) in [5.41, 5.74) is 11.5. The lowest BCUT2D eigenvalue weighted by atomic mass is 10.0. The zero-order valence-corrected chi connectivity index (χ0v) is 18.5. The number of Topliss-reactive ketones (excluding diaryl/α,β-unsaturated/α-hetero) is 1. The van der Waals surface area contributed by atoms with Crippen LogP contribution in [0.4, 0.5) is 24.5 Å². The van der Waals surface area contributed by atoms with E-state index in [2.05, 4.69) is 14.9 Å². The first kappa shape index (κ1) is 23.5. The second-order valence-electron chi connectivity index (χ2n) is 8.15. The van der Waals surface area contributed by atoms with Crippen LogP contribution in [0.5, 0.6) is 5.75 Å². The molecule has 1 aromatic carbocycles. The first-order chi connectivity index (χ1) is 16.3. The lowest BCUT2D eigenvalue weighted by Crippen LogP contribution is -2.43. The monoisotopic (exact) mass is 471 g/mol. The molecule has 0 radical (unpaired) electrons. The molecule has 0 bridgehead atoms. The fourth-order valence-corrected chi connectivity index (χ4v) is 4.16. The quantitative estimate of drug-likeness (QED) is 0.530. The first-order valence-corrected chi connectivity index (χ1v) is 10.7. The van der Waals surface area contributed by atoms with Crippen LogP contribution < -0.4 is 21.1 Å². The van der Waals surface area contributed by atoms with E-state index in [9.17, 15) is 18.0 Å². The molecule has 1 saturated heterocycles. The molecule has 1 fully saturated rings. The zero-order valence-electron chi connectivity index (χ0n) is 18.5. The van der Waals surface area contributed by atoms with Crippen LogP contribution in [0.15, 0.2) is 36.7 Å². The standard InChI is InChI=1S/C24H24F3N5O2/c1-34-20-5-4-15(25)21(22(20)27)23-16(26)10-17(29)24(31-23)19(33)9-13-11-30-7-6-18(13)32-8-2-3-14(28)12-32/h4-7,10-11,14H,2-3,8-9,12,28-29H2,1H3/t14-/m0/s1. The Balaban J connectivity index is 1.71. The van der Waals surface area contributed by atoms with Crippen molar-refractivity contribution < 1.29 is 22.7 Å². The molecule has 0 saturated carbocycles. The highest BCUT2D eigenvalue weighted by Crippen LogP contribution is 2.34. The molecule has 1 aliphatic rings. The van der Waals surface area contributed by atoms with Crippen molar-refractivity contribution in [3.8, 4) is 17.0 Å². The van der Waals surface area contributed by atoms with Crippen molar-refractivity contribution in [1.29, 1.82) is 0 Å². The third-order valence-corrected chi connectivity index (χ3v) is 5.81. The largest absolute Gasteiger partial charge is 0.494 e.